The monoisotopic (exact) mass is 260 g/mol. The van der Waals surface area contributed by atoms with Crippen LogP contribution in [0.15, 0.2) is 24.3 Å². The van der Waals surface area contributed by atoms with Crippen molar-refractivity contribution in [3.8, 4) is 6.07 Å². The van der Waals surface area contributed by atoms with Crippen molar-refractivity contribution in [1.29, 1.82) is 5.26 Å². The minimum atomic E-state index is -0.0965. The Hall–Kier alpha value is -1.47. The molecule has 1 aromatic rings. The van der Waals surface area contributed by atoms with Gasteiger partial charge in [-0.05, 0) is 43.7 Å². The summed E-state index contributed by atoms with van der Waals surface area (Å²) in [5.74, 6) is 1.08. The molecule has 1 atom stereocenters. The van der Waals surface area contributed by atoms with Gasteiger partial charge in [-0.15, -0.1) is 0 Å². The number of amides is 1. The molecule has 0 bridgehead atoms. The van der Waals surface area contributed by atoms with Gasteiger partial charge in [0.2, 0.25) is 0 Å². The summed E-state index contributed by atoms with van der Waals surface area (Å²) in [7, 11) is 0. The lowest BCUT2D eigenvalue weighted by molar-refractivity contribution is 0.0950. The summed E-state index contributed by atoms with van der Waals surface area (Å²) in [6.07, 6.45) is 2.37. The molecule has 1 aromatic carbocycles. The fourth-order valence-corrected chi connectivity index (χ4v) is 3.32. The van der Waals surface area contributed by atoms with Crippen LogP contribution in [-0.4, -0.2) is 23.0 Å². The summed E-state index contributed by atoms with van der Waals surface area (Å²) in [6, 6.07) is 8.84. The third-order valence-corrected chi connectivity index (χ3v) is 4.72. The van der Waals surface area contributed by atoms with Gasteiger partial charge in [-0.25, -0.2) is 0 Å². The van der Waals surface area contributed by atoms with E-state index in [1.165, 1.54) is 12.2 Å². The van der Waals surface area contributed by atoms with Gasteiger partial charge in [-0.3, -0.25) is 4.79 Å². The molecule has 1 heterocycles. The van der Waals surface area contributed by atoms with Gasteiger partial charge in [-0.1, -0.05) is 6.07 Å². The quantitative estimate of drug-likeness (QED) is 0.908. The Morgan fingerprint density at radius 2 is 2.44 bits per heavy atom. The van der Waals surface area contributed by atoms with Crippen LogP contribution in [0.4, 0.5) is 0 Å². The first kappa shape index (κ1) is 13.0. The zero-order valence-electron chi connectivity index (χ0n) is 10.4. The third kappa shape index (κ3) is 3.05. The van der Waals surface area contributed by atoms with Crippen molar-refractivity contribution in [2.24, 2.45) is 0 Å². The average molecular weight is 260 g/mol. The Morgan fingerprint density at radius 1 is 1.61 bits per heavy atom. The van der Waals surface area contributed by atoms with E-state index >= 15 is 0 Å². The molecule has 1 amide bonds. The molecule has 1 unspecified atom stereocenters. The maximum absolute atomic E-state index is 12.0. The average Bonchev–Trinajstić information content (AvgIpc) is 2.83. The predicted octanol–water partition coefficient (Wildman–Crippen LogP) is 2.57. The van der Waals surface area contributed by atoms with E-state index < -0.39 is 0 Å². The van der Waals surface area contributed by atoms with Crippen LogP contribution in [0, 0.1) is 11.3 Å². The summed E-state index contributed by atoms with van der Waals surface area (Å²) in [5, 5.41) is 11.8. The summed E-state index contributed by atoms with van der Waals surface area (Å²) in [4.78, 5) is 12.0. The third-order valence-electron chi connectivity index (χ3n) is 3.18. The molecule has 4 heteroatoms. The molecule has 1 aliphatic rings. The van der Waals surface area contributed by atoms with Crippen molar-refractivity contribution in [2.45, 2.75) is 24.5 Å². The van der Waals surface area contributed by atoms with Crippen molar-refractivity contribution in [3.63, 3.8) is 0 Å². The molecule has 1 aliphatic heterocycles. The maximum atomic E-state index is 12.0. The molecule has 94 valence electrons. The second kappa shape index (κ2) is 5.45. The first-order valence-electron chi connectivity index (χ1n) is 6.05. The summed E-state index contributed by atoms with van der Waals surface area (Å²) in [6.45, 7) is 2.88. The fraction of sp³-hybridized carbons (Fsp3) is 0.429. The van der Waals surface area contributed by atoms with Crippen LogP contribution in [0.1, 0.15) is 35.7 Å². The lowest BCUT2D eigenvalue weighted by atomic mass is 10.1. The van der Waals surface area contributed by atoms with Gasteiger partial charge in [0.1, 0.15) is 0 Å². The zero-order chi connectivity index (χ0) is 13.0. The molecule has 0 saturated carbocycles. The molecule has 0 aliphatic carbocycles. The number of benzene rings is 1. The summed E-state index contributed by atoms with van der Waals surface area (Å²) in [5.41, 5.74) is 1.07. The fourth-order valence-electron chi connectivity index (χ4n) is 2.08. The number of hydrogen-bond acceptors (Lipinski definition) is 3. The van der Waals surface area contributed by atoms with Crippen molar-refractivity contribution < 1.29 is 4.79 Å². The van der Waals surface area contributed by atoms with Crippen molar-refractivity contribution in [2.75, 3.05) is 12.3 Å². The Bertz CT molecular complexity index is 487. The second-order valence-corrected chi connectivity index (χ2v) is 6.46. The van der Waals surface area contributed by atoms with E-state index in [1.54, 1.807) is 24.3 Å². The molecule has 2 rings (SSSR count). The van der Waals surface area contributed by atoms with Gasteiger partial charge in [0.05, 0.1) is 11.6 Å². The number of nitrogens with zero attached hydrogens (tertiary/aromatic N) is 1. The first-order valence-corrected chi connectivity index (χ1v) is 7.04. The summed E-state index contributed by atoms with van der Waals surface area (Å²) >= 11 is 1.92. The van der Waals surface area contributed by atoms with Gasteiger partial charge < -0.3 is 5.32 Å². The van der Waals surface area contributed by atoms with E-state index in [4.69, 9.17) is 5.26 Å². The van der Waals surface area contributed by atoms with E-state index in [0.29, 0.717) is 17.7 Å². The normalized spacial score (nSPS) is 22.4. The van der Waals surface area contributed by atoms with Gasteiger partial charge in [0.15, 0.2) is 0 Å². The number of carbonyl (C=O) groups excluding carboxylic acids is 1. The van der Waals surface area contributed by atoms with Crippen LogP contribution in [-0.2, 0) is 0 Å². The zero-order valence-corrected chi connectivity index (χ0v) is 11.2. The van der Waals surface area contributed by atoms with Gasteiger partial charge in [0, 0.05) is 16.9 Å². The minimum absolute atomic E-state index is 0.0965. The molecular formula is C14H16N2OS. The molecule has 0 spiro atoms. The van der Waals surface area contributed by atoms with Crippen molar-refractivity contribution in [1.82, 2.24) is 5.32 Å². The number of carbonyl (C=O) groups is 1. The highest BCUT2D eigenvalue weighted by Gasteiger charge is 2.29. The molecule has 18 heavy (non-hydrogen) atoms. The lowest BCUT2D eigenvalue weighted by Gasteiger charge is -2.22. The maximum Gasteiger partial charge on any atom is 0.251 e. The Balaban J connectivity index is 1.97. The second-order valence-electron chi connectivity index (χ2n) is 4.78. The first-order chi connectivity index (χ1) is 8.63. The van der Waals surface area contributed by atoms with Crippen molar-refractivity contribution in [3.05, 3.63) is 35.4 Å². The van der Waals surface area contributed by atoms with E-state index in [-0.39, 0.29) is 10.7 Å². The van der Waals surface area contributed by atoms with Crippen LogP contribution in [0.5, 0.6) is 0 Å². The van der Waals surface area contributed by atoms with E-state index in [0.717, 1.165) is 6.42 Å². The largest absolute Gasteiger partial charge is 0.351 e. The van der Waals surface area contributed by atoms with E-state index in [1.807, 2.05) is 17.8 Å². The molecule has 3 nitrogen and oxygen atoms in total. The van der Waals surface area contributed by atoms with Crippen molar-refractivity contribution >= 4 is 17.7 Å². The number of thioether (sulfide) groups is 1. The molecule has 0 aromatic heterocycles. The van der Waals surface area contributed by atoms with Crippen LogP contribution < -0.4 is 5.32 Å². The standard InChI is InChI=1S/C14H16N2OS/c1-14(6-3-7-18-14)10-16-13(17)12-5-2-4-11(8-12)9-15/h2,4-5,8H,3,6-7,10H2,1H3,(H,16,17). The smallest absolute Gasteiger partial charge is 0.251 e. The topological polar surface area (TPSA) is 52.9 Å². The SMILES string of the molecule is CC1(CNC(=O)c2cccc(C#N)c2)CCCS1. The lowest BCUT2D eigenvalue weighted by Crippen LogP contribution is -2.36. The van der Waals surface area contributed by atoms with Gasteiger partial charge in [-0.2, -0.15) is 17.0 Å². The molecule has 0 radical (unpaired) electrons. The highest BCUT2D eigenvalue weighted by molar-refractivity contribution is 8.00. The van der Waals surface area contributed by atoms with Crippen LogP contribution in [0.3, 0.4) is 0 Å². The molecule has 1 fully saturated rings. The molecule has 1 N–H and O–H groups in total. The Kier molecular flexibility index (Phi) is 3.93. The van der Waals surface area contributed by atoms with Gasteiger partial charge in [0.25, 0.3) is 5.91 Å². The number of hydrogen-bond donors (Lipinski definition) is 1. The number of nitriles is 1. The highest BCUT2D eigenvalue weighted by Crippen LogP contribution is 2.36. The van der Waals surface area contributed by atoms with E-state index in [2.05, 4.69) is 12.2 Å². The molecular weight excluding hydrogens is 244 g/mol. The number of rotatable bonds is 3. The Morgan fingerprint density at radius 3 is 3.11 bits per heavy atom. The van der Waals surface area contributed by atoms with Gasteiger partial charge >= 0.3 is 0 Å². The Labute approximate surface area is 112 Å². The van der Waals surface area contributed by atoms with E-state index in [9.17, 15) is 4.79 Å². The predicted molar refractivity (Wildman–Crippen MR) is 73.6 cm³/mol. The van der Waals surface area contributed by atoms with Crippen LogP contribution in [0.25, 0.3) is 0 Å². The van der Waals surface area contributed by atoms with Crippen LogP contribution >= 0.6 is 11.8 Å². The highest BCUT2D eigenvalue weighted by atomic mass is 32.2. The minimum Gasteiger partial charge on any atom is -0.351 e. The van der Waals surface area contributed by atoms with Crippen LogP contribution in [0.2, 0.25) is 0 Å². The summed E-state index contributed by atoms with van der Waals surface area (Å²) < 4.78 is 0.169. The molecule has 1 saturated heterocycles. The number of nitrogens with one attached hydrogen (secondary N) is 1.